The number of rotatable bonds is 2. The van der Waals surface area contributed by atoms with Gasteiger partial charge in [0.05, 0.1) is 0 Å². The highest BCUT2D eigenvalue weighted by Gasteiger charge is 2.83. The number of aliphatic hydroxyl groups is 2. The van der Waals surface area contributed by atoms with E-state index in [0.717, 1.165) is 9.80 Å². The van der Waals surface area contributed by atoms with Crippen LogP contribution in [0.4, 0.5) is 0 Å². The molecule has 180 valence electrons. The monoisotopic (exact) mass is 452 g/mol. The second-order valence-electron chi connectivity index (χ2n) is 11.6. The van der Waals surface area contributed by atoms with E-state index in [1.165, 1.54) is 0 Å². The molecule has 2 atom stereocenters. The Kier molecular flexibility index (Phi) is 5.09. The van der Waals surface area contributed by atoms with Crippen LogP contribution in [0.1, 0.15) is 80.1 Å². The highest BCUT2D eigenvalue weighted by atomic mass is 16.4. The first kappa shape index (κ1) is 24.4. The summed E-state index contributed by atoms with van der Waals surface area (Å²) in [5.41, 5.74) is 0.549. The number of nitrogens with two attached hydrogens (primary N) is 2. The fraction of sp³-hybridized carbons (Fsp3) is 0.818. The molecule has 2 aliphatic carbocycles. The smallest absolute Gasteiger partial charge is 0.273 e. The van der Waals surface area contributed by atoms with Gasteiger partial charge >= 0.3 is 0 Å². The number of piperazine rings is 1. The highest BCUT2D eigenvalue weighted by molar-refractivity contribution is 6.00. The Hall–Kier alpha value is -2.20. The van der Waals surface area contributed by atoms with Crippen molar-refractivity contribution in [1.82, 2.24) is 9.80 Å². The zero-order valence-corrected chi connectivity index (χ0v) is 19.8. The van der Waals surface area contributed by atoms with Crippen LogP contribution in [0.15, 0.2) is 0 Å². The lowest BCUT2D eigenvalue weighted by Gasteiger charge is -2.75. The average Bonchev–Trinajstić information content (AvgIpc) is 2.56. The van der Waals surface area contributed by atoms with Gasteiger partial charge in [-0.2, -0.15) is 0 Å². The molecule has 3 aliphatic rings. The Morgan fingerprint density at radius 2 is 0.906 bits per heavy atom. The molecule has 32 heavy (non-hydrogen) atoms. The summed E-state index contributed by atoms with van der Waals surface area (Å²) in [7, 11) is 0. The second kappa shape index (κ2) is 6.66. The number of hydrogen-bond donors (Lipinski definition) is 4. The molecule has 1 saturated heterocycles. The quantitative estimate of drug-likeness (QED) is 0.458. The van der Waals surface area contributed by atoms with Gasteiger partial charge in [-0.05, 0) is 38.5 Å². The zero-order valence-electron chi connectivity index (χ0n) is 19.8. The maximum Gasteiger partial charge on any atom is 0.273 e. The molecule has 6 N–H and O–H groups in total. The topological polar surface area (TPSA) is 167 Å². The largest absolute Gasteiger partial charge is 0.365 e. The van der Waals surface area contributed by atoms with Crippen LogP contribution in [0.5, 0.6) is 0 Å². The van der Waals surface area contributed by atoms with Gasteiger partial charge in [0, 0.05) is 10.8 Å². The Balaban J connectivity index is 2.46. The van der Waals surface area contributed by atoms with E-state index in [0.29, 0.717) is 12.8 Å². The fourth-order valence-electron chi connectivity index (χ4n) is 5.55. The van der Waals surface area contributed by atoms with Gasteiger partial charge in [-0.1, -0.05) is 41.5 Å². The summed E-state index contributed by atoms with van der Waals surface area (Å²) in [5, 5.41) is 24.2. The van der Waals surface area contributed by atoms with E-state index in [1.54, 1.807) is 41.5 Å². The second-order valence-corrected chi connectivity index (χ2v) is 11.6. The van der Waals surface area contributed by atoms with Crippen LogP contribution in [-0.2, 0) is 19.2 Å². The van der Waals surface area contributed by atoms with Gasteiger partial charge in [0.25, 0.3) is 11.8 Å². The molecule has 1 aliphatic heterocycles. The summed E-state index contributed by atoms with van der Waals surface area (Å²) in [6.45, 7) is 9.62. The molecule has 10 nitrogen and oxygen atoms in total. The van der Waals surface area contributed by atoms with E-state index in [1.807, 2.05) is 0 Å². The van der Waals surface area contributed by atoms with Crippen LogP contribution in [0, 0.1) is 10.8 Å². The molecular weight excluding hydrogens is 416 g/mol. The molecule has 0 aromatic carbocycles. The predicted octanol–water partition coefficient (Wildman–Crippen LogP) is -0.0574. The Morgan fingerprint density at radius 3 is 1.03 bits per heavy atom. The Morgan fingerprint density at radius 1 is 0.656 bits per heavy atom. The summed E-state index contributed by atoms with van der Waals surface area (Å²) in [6.07, 6.45) is 1.23. The van der Waals surface area contributed by atoms with Crippen LogP contribution >= 0.6 is 0 Å². The SMILES string of the molecule is CC(C)(C)C(=O)N1C2(CCC2)[C@@](O)(C(N)=O)N(C(=O)C(C)(C)C)C2(CCC2)[C@@]1(O)C(N)=O. The lowest BCUT2D eigenvalue weighted by atomic mass is 9.55. The molecule has 3 fully saturated rings. The van der Waals surface area contributed by atoms with Crippen molar-refractivity contribution in [2.45, 2.75) is 103 Å². The van der Waals surface area contributed by atoms with E-state index in [-0.39, 0.29) is 25.7 Å². The molecule has 1 heterocycles. The molecule has 0 radical (unpaired) electrons. The summed E-state index contributed by atoms with van der Waals surface area (Å²) in [6, 6.07) is 0. The van der Waals surface area contributed by atoms with E-state index in [9.17, 15) is 29.4 Å². The summed E-state index contributed by atoms with van der Waals surface area (Å²) >= 11 is 0. The molecule has 0 aromatic rings. The number of carbonyl (C=O) groups is 4. The number of primary amides is 2. The third kappa shape index (κ3) is 2.59. The highest BCUT2D eigenvalue weighted by Crippen LogP contribution is 2.63. The van der Waals surface area contributed by atoms with Crippen molar-refractivity contribution in [2.75, 3.05) is 0 Å². The van der Waals surface area contributed by atoms with Gasteiger partial charge < -0.3 is 21.7 Å². The van der Waals surface area contributed by atoms with E-state index >= 15 is 0 Å². The third-order valence-corrected chi connectivity index (χ3v) is 7.54. The number of nitrogens with zero attached hydrogens (tertiary/aromatic N) is 2. The first-order valence-electron chi connectivity index (χ1n) is 11.1. The Bertz CT molecular complexity index is 808. The van der Waals surface area contributed by atoms with Gasteiger partial charge in [-0.25, -0.2) is 0 Å². The normalized spacial score (nSPS) is 31.1. The van der Waals surface area contributed by atoms with E-state index < -0.39 is 57.0 Å². The van der Waals surface area contributed by atoms with Gasteiger partial charge in [-0.15, -0.1) is 0 Å². The first-order valence-corrected chi connectivity index (χ1v) is 11.1. The minimum atomic E-state index is -2.63. The van der Waals surface area contributed by atoms with Gasteiger partial charge in [0.15, 0.2) is 0 Å². The van der Waals surface area contributed by atoms with Crippen LogP contribution in [-0.4, -0.2) is 66.2 Å². The van der Waals surface area contributed by atoms with Crippen LogP contribution in [0.25, 0.3) is 0 Å². The standard InChI is InChI=1S/C22H36N4O6/c1-17(2,3)15(29)25-19(9-7-10-19)22(32,14(24)28)26(16(30)18(4,5)6)20(11-8-12-20)21(25,31)13(23)27/h31-32H,7-12H2,1-6H3,(H2,23,27)(H2,24,28)/t21-,22-/m0/s1. The van der Waals surface area contributed by atoms with Gasteiger partial charge in [0.1, 0.15) is 11.1 Å². The van der Waals surface area contributed by atoms with Crippen molar-refractivity contribution in [3.05, 3.63) is 0 Å². The lowest BCUT2D eigenvalue weighted by molar-refractivity contribution is -0.353. The molecule has 0 aromatic heterocycles. The average molecular weight is 453 g/mol. The van der Waals surface area contributed by atoms with Crippen LogP contribution in [0.2, 0.25) is 0 Å². The van der Waals surface area contributed by atoms with Crippen molar-refractivity contribution in [2.24, 2.45) is 22.3 Å². The number of carbonyl (C=O) groups excluding carboxylic acids is 4. The number of amides is 4. The molecule has 2 spiro atoms. The summed E-state index contributed by atoms with van der Waals surface area (Å²) in [5.74, 6) is -3.74. The van der Waals surface area contributed by atoms with Crippen LogP contribution in [0.3, 0.4) is 0 Å². The maximum atomic E-state index is 13.8. The van der Waals surface area contributed by atoms with Crippen molar-refractivity contribution < 1.29 is 29.4 Å². The first-order chi connectivity index (χ1) is 14.4. The minimum absolute atomic E-state index is 0.0633. The number of hydrogen-bond acceptors (Lipinski definition) is 6. The molecule has 3 rings (SSSR count). The lowest BCUT2D eigenvalue weighted by Crippen LogP contribution is -2.97. The van der Waals surface area contributed by atoms with Crippen molar-refractivity contribution >= 4 is 23.6 Å². The van der Waals surface area contributed by atoms with Gasteiger partial charge in [0.2, 0.25) is 23.3 Å². The molecule has 10 heteroatoms. The molecule has 4 amide bonds. The predicted molar refractivity (Wildman–Crippen MR) is 114 cm³/mol. The fourth-order valence-corrected chi connectivity index (χ4v) is 5.55. The molecule has 2 saturated carbocycles. The molecule has 0 bridgehead atoms. The maximum absolute atomic E-state index is 13.8. The summed E-state index contributed by atoms with van der Waals surface area (Å²) < 4.78 is 0. The van der Waals surface area contributed by atoms with E-state index in [4.69, 9.17) is 11.5 Å². The van der Waals surface area contributed by atoms with Gasteiger partial charge in [-0.3, -0.25) is 29.0 Å². The van der Waals surface area contributed by atoms with Crippen molar-refractivity contribution in [3.63, 3.8) is 0 Å². The van der Waals surface area contributed by atoms with Crippen molar-refractivity contribution in [1.29, 1.82) is 0 Å². The minimum Gasteiger partial charge on any atom is -0.365 e. The Labute approximate surface area is 188 Å². The summed E-state index contributed by atoms with van der Waals surface area (Å²) in [4.78, 5) is 55.3. The zero-order chi connectivity index (χ0) is 24.7. The molecular formula is C22H36N4O6. The van der Waals surface area contributed by atoms with Crippen molar-refractivity contribution in [3.8, 4) is 0 Å². The third-order valence-electron chi connectivity index (χ3n) is 7.54. The van der Waals surface area contributed by atoms with Crippen LogP contribution < -0.4 is 11.5 Å². The molecule has 0 unspecified atom stereocenters. The van der Waals surface area contributed by atoms with E-state index in [2.05, 4.69) is 0 Å².